The average Bonchev–Trinajstić information content (AvgIpc) is 3.23. The van der Waals surface area contributed by atoms with E-state index in [1.54, 1.807) is 31.4 Å². The Morgan fingerprint density at radius 2 is 2.00 bits per heavy atom. The number of nitrogens with one attached hydrogen (secondary N) is 3. The lowest BCUT2D eigenvalue weighted by Gasteiger charge is -2.32. The molecule has 0 saturated carbocycles. The van der Waals surface area contributed by atoms with Crippen molar-refractivity contribution in [2.24, 2.45) is 5.73 Å². The fourth-order valence-electron chi connectivity index (χ4n) is 4.09. The summed E-state index contributed by atoms with van der Waals surface area (Å²) in [6.45, 7) is 1.53. The number of anilines is 3. The number of rotatable bonds is 8. The van der Waals surface area contributed by atoms with Gasteiger partial charge in [-0.1, -0.05) is 35.9 Å². The third kappa shape index (κ3) is 5.90. The lowest BCUT2D eigenvalue weighted by atomic mass is 10.1. The first-order chi connectivity index (χ1) is 17.0. The summed E-state index contributed by atoms with van der Waals surface area (Å²) in [4.78, 5) is 36.6. The van der Waals surface area contributed by atoms with Gasteiger partial charge in [-0.15, -0.1) is 0 Å². The molecule has 3 aromatic rings. The van der Waals surface area contributed by atoms with Crippen LogP contribution >= 0.6 is 11.6 Å². The van der Waals surface area contributed by atoms with Crippen LogP contribution in [0.25, 0.3) is 0 Å². The maximum atomic E-state index is 13.4. The summed E-state index contributed by atoms with van der Waals surface area (Å²) >= 11 is 6.45. The molecule has 0 radical (unpaired) electrons. The molecule has 184 valence electrons. The van der Waals surface area contributed by atoms with Crippen LogP contribution in [0.5, 0.6) is 0 Å². The molecule has 35 heavy (non-hydrogen) atoms. The predicted octanol–water partition coefficient (Wildman–Crippen LogP) is 2.32. The molecule has 2 aromatic heterocycles. The number of hydrogen-bond donors (Lipinski definition) is 4. The molecule has 1 fully saturated rings. The van der Waals surface area contributed by atoms with E-state index in [-0.39, 0.29) is 18.5 Å². The molecule has 0 bridgehead atoms. The lowest BCUT2D eigenvalue weighted by molar-refractivity contribution is -0.115. The van der Waals surface area contributed by atoms with Crippen LogP contribution in [0, 0.1) is 0 Å². The van der Waals surface area contributed by atoms with E-state index in [0.717, 1.165) is 24.9 Å². The van der Waals surface area contributed by atoms with Gasteiger partial charge in [-0.05, 0) is 36.6 Å². The molecule has 1 atom stereocenters. The number of aromatic nitrogens is 3. The number of carbonyl (C=O) groups is 2. The minimum atomic E-state index is -0.433. The standard InChI is InChI=1S/C24H29ClN8O2/c1-27-22-21(23(35)29-13-20(34)30-19-10-4-5-11-28-19)33(14-16-7-2-3-9-18(16)25)24(31-22)32-12-6-8-17(26)15-32/h2-5,7,9-11,17,27H,6,8,12-15,26H2,1H3,(H,29,35)(H,28,30,34)/t17-/m1/s1. The molecule has 0 spiro atoms. The van der Waals surface area contributed by atoms with Crippen molar-refractivity contribution >= 4 is 41.0 Å². The summed E-state index contributed by atoms with van der Waals surface area (Å²) in [6.07, 6.45) is 3.46. The quantitative estimate of drug-likeness (QED) is 0.376. The van der Waals surface area contributed by atoms with Crippen LogP contribution in [0.2, 0.25) is 5.02 Å². The molecule has 4 rings (SSSR count). The zero-order valence-corrected chi connectivity index (χ0v) is 20.3. The van der Waals surface area contributed by atoms with Gasteiger partial charge in [-0.25, -0.2) is 4.98 Å². The van der Waals surface area contributed by atoms with Crippen molar-refractivity contribution in [2.75, 3.05) is 42.2 Å². The maximum Gasteiger partial charge on any atom is 0.272 e. The second-order valence-electron chi connectivity index (χ2n) is 8.33. The smallest absolute Gasteiger partial charge is 0.272 e. The van der Waals surface area contributed by atoms with Gasteiger partial charge in [0.2, 0.25) is 11.9 Å². The molecule has 1 aliphatic rings. The minimum absolute atomic E-state index is 0.0276. The fraction of sp³-hybridized carbons (Fsp3) is 0.333. The molecule has 10 nitrogen and oxygen atoms in total. The molecular weight excluding hydrogens is 468 g/mol. The van der Waals surface area contributed by atoms with E-state index in [9.17, 15) is 9.59 Å². The van der Waals surface area contributed by atoms with Gasteiger partial charge in [0.1, 0.15) is 5.82 Å². The van der Waals surface area contributed by atoms with Crippen molar-refractivity contribution in [2.45, 2.75) is 25.4 Å². The Morgan fingerprint density at radius 1 is 1.20 bits per heavy atom. The second kappa shape index (κ2) is 11.2. The van der Waals surface area contributed by atoms with Crippen molar-refractivity contribution in [1.82, 2.24) is 19.9 Å². The molecule has 0 unspecified atom stereocenters. The van der Waals surface area contributed by atoms with Gasteiger partial charge in [0.15, 0.2) is 11.5 Å². The van der Waals surface area contributed by atoms with Crippen molar-refractivity contribution in [1.29, 1.82) is 0 Å². The highest BCUT2D eigenvalue weighted by molar-refractivity contribution is 6.31. The molecule has 1 saturated heterocycles. The van der Waals surface area contributed by atoms with Gasteiger partial charge in [-0.2, -0.15) is 4.98 Å². The van der Waals surface area contributed by atoms with Crippen LogP contribution in [0.4, 0.5) is 17.6 Å². The molecule has 2 amide bonds. The summed E-state index contributed by atoms with van der Waals surface area (Å²) in [7, 11) is 1.71. The SMILES string of the molecule is CNc1nc(N2CCC[C@@H](N)C2)n(Cc2ccccc2Cl)c1C(=O)NCC(=O)Nc1ccccn1. The van der Waals surface area contributed by atoms with Gasteiger partial charge in [-0.3, -0.25) is 14.2 Å². The highest BCUT2D eigenvalue weighted by Crippen LogP contribution is 2.28. The number of imidazole rings is 1. The molecule has 0 aliphatic carbocycles. The van der Waals surface area contributed by atoms with E-state index in [4.69, 9.17) is 22.3 Å². The van der Waals surface area contributed by atoms with Gasteiger partial charge >= 0.3 is 0 Å². The fourth-order valence-corrected chi connectivity index (χ4v) is 4.29. The number of benzene rings is 1. The summed E-state index contributed by atoms with van der Waals surface area (Å²) in [5.41, 5.74) is 7.38. The first kappa shape index (κ1) is 24.5. The summed E-state index contributed by atoms with van der Waals surface area (Å²) < 4.78 is 1.83. The van der Waals surface area contributed by atoms with Crippen LogP contribution in [0.1, 0.15) is 28.9 Å². The Balaban J connectivity index is 1.61. The number of amides is 2. The number of piperidine rings is 1. The Hall–Kier alpha value is -3.63. The molecule has 1 aromatic carbocycles. The summed E-state index contributed by atoms with van der Waals surface area (Å²) in [5.74, 6) is 0.636. The lowest BCUT2D eigenvalue weighted by Crippen LogP contribution is -2.44. The molecule has 5 N–H and O–H groups in total. The van der Waals surface area contributed by atoms with E-state index in [2.05, 4.69) is 25.8 Å². The normalized spacial score (nSPS) is 15.5. The predicted molar refractivity (Wildman–Crippen MR) is 137 cm³/mol. The number of hydrogen-bond acceptors (Lipinski definition) is 7. The zero-order valence-electron chi connectivity index (χ0n) is 19.5. The van der Waals surface area contributed by atoms with Gasteiger partial charge in [0.05, 0.1) is 13.1 Å². The van der Waals surface area contributed by atoms with E-state index >= 15 is 0 Å². The third-order valence-corrected chi connectivity index (χ3v) is 6.14. The van der Waals surface area contributed by atoms with E-state index in [0.29, 0.717) is 41.4 Å². The van der Waals surface area contributed by atoms with Crippen LogP contribution in [0.15, 0.2) is 48.7 Å². The Labute approximate surface area is 208 Å². The van der Waals surface area contributed by atoms with Gasteiger partial charge in [0, 0.05) is 37.4 Å². The number of nitrogens with zero attached hydrogens (tertiary/aromatic N) is 4. The number of nitrogens with two attached hydrogens (primary N) is 1. The first-order valence-corrected chi connectivity index (χ1v) is 11.9. The Morgan fingerprint density at radius 3 is 2.71 bits per heavy atom. The number of halogens is 1. The summed E-state index contributed by atoms with van der Waals surface area (Å²) in [5, 5.41) is 8.98. The topological polar surface area (TPSA) is 130 Å². The molecule has 3 heterocycles. The number of carbonyl (C=O) groups excluding carboxylic acids is 2. The monoisotopic (exact) mass is 496 g/mol. The van der Waals surface area contributed by atoms with E-state index in [1.165, 1.54) is 0 Å². The average molecular weight is 497 g/mol. The van der Waals surface area contributed by atoms with Gasteiger partial charge in [0.25, 0.3) is 5.91 Å². The van der Waals surface area contributed by atoms with Gasteiger partial charge < -0.3 is 26.6 Å². The molecular formula is C24H29ClN8O2. The number of pyridine rings is 1. The molecule has 11 heteroatoms. The zero-order chi connectivity index (χ0) is 24.8. The maximum absolute atomic E-state index is 13.4. The second-order valence-corrected chi connectivity index (χ2v) is 8.74. The summed E-state index contributed by atoms with van der Waals surface area (Å²) in [6, 6.07) is 12.7. The highest BCUT2D eigenvalue weighted by atomic mass is 35.5. The van der Waals surface area contributed by atoms with Crippen molar-refractivity contribution < 1.29 is 9.59 Å². The van der Waals surface area contributed by atoms with Crippen molar-refractivity contribution in [3.05, 3.63) is 64.9 Å². The highest BCUT2D eigenvalue weighted by Gasteiger charge is 2.28. The third-order valence-electron chi connectivity index (χ3n) is 5.77. The van der Waals surface area contributed by atoms with Crippen molar-refractivity contribution in [3.8, 4) is 0 Å². The Bertz CT molecular complexity index is 1180. The van der Waals surface area contributed by atoms with E-state index in [1.807, 2.05) is 28.8 Å². The van der Waals surface area contributed by atoms with Crippen molar-refractivity contribution in [3.63, 3.8) is 0 Å². The van der Waals surface area contributed by atoms with E-state index < -0.39 is 5.91 Å². The molecule has 1 aliphatic heterocycles. The van der Waals surface area contributed by atoms with Crippen LogP contribution < -0.4 is 26.6 Å². The first-order valence-electron chi connectivity index (χ1n) is 11.5. The van der Waals surface area contributed by atoms with Crippen LogP contribution in [-0.2, 0) is 11.3 Å². The Kier molecular flexibility index (Phi) is 7.84. The van der Waals surface area contributed by atoms with Crippen LogP contribution in [-0.4, -0.2) is 59.1 Å². The van der Waals surface area contributed by atoms with Crippen LogP contribution in [0.3, 0.4) is 0 Å². The minimum Gasteiger partial charge on any atom is -0.371 e. The largest absolute Gasteiger partial charge is 0.371 e.